The monoisotopic (exact) mass is 535 g/mol. The molecule has 1 aromatic heterocycles. The summed E-state index contributed by atoms with van der Waals surface area (Å²) in [6.45, 7) is 9.46. The van der Waals surface area contributed by atoms with E-state index in [2.05, 4.69) is 21.5 Å². The van der Waals surface area contributed by atoms with Crippen LogP contribution in [0.1, 0.15) is 30.8 Å². The third-order valence-corrected chi connectivity index (χ3v) is 4.47. The predicted molar refractivity (Wildman–Crippen MR) is 136 cm³/mol. The van der Waals surface area contributed by atoms with E-state index in [1.54, 1.807) is 0 Å². The van der Waals surface area contributed by atoms with Gasteiger partial charge in [0.05, 0.1) is 36.8 Å². The van der Waals surface area contributed by atoms with Crippen LogP contribution >= 0.6 is 24.0 Å². The molecule has 0 fully saturated rings. The number of guanidine groups is 1. The number of nitrogens with one attached hydrogen (secondary N) is 1. The number of hydrogen-bond acceptors (Lipinski definition) is 4. The zero-order valence-electron chi connectivity index (χ0n) is 18.4. The molecule has 3 N–H and O–H groups in total. The van der Waals surface area contributed by atoms with Crippen molar-refractivity contribution in [3.63, 3.8) is 0 Å². The highest BCUT2D eigenvalue weighted by Crippen LogP contribution is 2.29. The molecule has 0 aliphatic carbocycles. The van der Waals surface area contributed by atoms with Gasteiger partial charge in [-0.25, -0.2) is 9.67 Å². The molecular formula is C23H30IN5O2. The Morgan fingerprint density at radius 1 is 1.06 bits per heavy atom. The molecule has 7 nitrogen and oxygen atoms in total. The van der Waals surface area contributed by atoms with Gasteiger partial charge < -0.3 is 20.5 Å². The fraction of sp³-hybridized carbons (Fsp3) is 0.304. The van der Waals surface area contributed by atoms with E-state index in [9.17, 15) is 0 Å². The van der Waals surface area contributed by atoms with Crippen molar-refractivity contribution in [3.05, 3.63) is 65.5 Å². The lowest BCUT2D eigenvalue weighted by molar-refractivity contribution is 0.332. The van der Waals surface area contributed by atoms with Crippen LogP contribution in [0.4, 0.5) is 5.69 Å². The maximum Gasteiger partial charge on any atom is 0.193 e. The summed E-state index contributed by atoms with van der Waals surface area (Å²) in [5.74, 6) is 1.74. The smallest absolute Gasteiger partial charge is 0.193 e. The Bertz CT molecular complexity index is 1030. The van der Waals surface area contributed by atoms with Gasteiger partial charge in [-0.3, -0.25) is 0 Å². The molecule has 2 aromatic carbocycles. The molecule has 3 rings (SSSR count). The molecular weight excluding hydrogens is 505 g/mol. The molecule has 0 saturated heterocycles. The van der Waals surface area contributed by atoms with Crippen LogP contribution in [0.2, 0.25) is 0 Å². The first kappa shape index (κ1) is 24.5. The van der Waals surface area contributed by atoms with Crippen molar-refractivity contribution in [2.45, 2.75) is 34.2 Å². The standard InChI is InChI=1S/C23H29N5O2.HI/c1-5-29-19-11-12-22(30-6-2)20(14-19)26-23(24)25-15-18-9-7-8-10-21(18)28-17(4)13-16(3)27-28;/h7-14H,5-6,15H2,1-4H3,(H3,24,25,26);1H. The Morgan fingerprint density at radius 2 is 1.81 bits per heavy atom. The van der Waals surface area contributed by atoms with Gasteiger partial charge in [0.15, 0.2) is 5.96 Å². The summed E-state index contributed by atoms with van der Waals surface area (Å²) in [5.41, 5.74) is 11.0. The van der Waals surface area contributed by atoms with Gasteiger partial charge in [0.2, 0.25) is 0 Å². The van der Waals surface area contributed by atoms with Gasteiger partial charge in [-0.15, -0.1) is 24.0 Å². The first-order valence-corrected chi connectivity index (χ1v) is 10.1. The van der Waals surface area contributed by atoms with E-state index in [-0.39, 0.29) is 24.0 Å². The second-order valence-corrected chi connectivity index (χ2v) is 6.82. The molecule has 0 saturated carbocycles. The van der Waals surface area contributed by atoms with Gasteiger partial charge in [-0.05, 0) is 57.5 Å². The first-order valence-electron chi connectivity index (χ1n) is 10.1. The number of rotatable bonds is 8. The van der Waals surface area contributed by atoms with Gasteiger partial charge in [0, 0.05) is 11.8 Å². The minimum absolute atomic E-state index is 0. The van der Waals surface area contributed by atoms with Crippen LogP contribution in [0, 0.1) is 13.8 Å². The number of nitrogens with two attached hydrogens (primary N) is 1. The van der Waals surface area contributed by atoms with E-state index in [1.165, 1.54) is 0 Å². The number of para-hydroxylation sites is 1. The van der Waals surface area contributed by atoms with Crippen LogP contribution in [0.3, 0.4) is 0 Å². The highest BCUT2D eigenvalue weighted by Gasteiger charge is 2.10. The highest BCUT2D eigenvalue weighted by molar-refractivity contribution is 14.0. The molecule has 0 aliphatic rings. The van der Waals surface area contributed by atoms with Crippen molar-refractivity contribution in [2.24, 2.45) is 10.7 Å². The Labute approximate surface area is 200 Å². The molecule has 0 bridgehead atoms. The molecule has 0 radical (unpaired) electrons. The number of halogens is 1. The number of benzene rings is 2. The maximum atomic E-state index is 6.19. The molecule has 8 heteroatoms. The summed E-state index contributed by atoms with van der Waals surface area (Å²) in [5, 5.41) is 7.73. The Morgan fingerprint density at radius 3 is 2.48 bits per heavy atom. The zero-order valence-corrected chi connectivity index (χ0v) is 20.7. The van der Waals surface area contributed by atoms with E-state index < -0.39 is 0 Å². The lowest BCUT2D eigenvalue weighted by Gasteiger charge is -2.14. The van der Waals surface area contributed by atoms with Gasteiger partial charge >= 0.3 is 0 Å². The molecule has 1 heterocycles. The third-order valence-electron chi connectivity index (χ3n) is 4.47. The van der Waals surface area contributed by atoms with Crippen LogP contribution in [0.5, 0.6) is 11.5 Å². The van der Waals surface area contributed by atoms with Crippen molar-refractivity contribution in [1.29, 1.82) is 0 Å². The summed E-state index contributed by atoms with van der Waals surface area (Å²) in [4.78, 5) is 4.54. The van der Waals surface area contributed by atoms with E-state index >= 15 is 0 Å². The molecule has 31 heavy (non-hydrogen) atoms. The van der Waals surface area contributed by atoms with Crippen molar-refractivity contribution < 1.29 is 9.47 Å². The van der Waals surface area contributed by atoms with Crippen LogP contribution in [0.15, 0.2) is 53.5 Å². The number of ether oxygens (including phenoxy) is 2. The lowest BCUT2D eigenvalue weighted by Crippen LogP contribution is -2.23. The van der Waals surface area contributed by atoms with Gasteiger partial charge in [0.1, 0.15) is 11.5 Å². The number of aromatic nitrogens is 2. The fourth-order valence-electron chi connectivity index (χ4n) is 3.22. The number of aliphatic imine (C=N–C) groups is 1. The zero-order chi connectivity index (χ0) is 21.5. The third kappa shape index (κ3) is 6.36. The predicted octanol–water partition coefficient (Wildman–Crippen LogP) is 4.83. The van der Waals surface area contributed by atoms with E-state index in [1.807, 2.05) is 74.8 Å². The van der Waals surface area contributed by atoms with Crippen molar-refractivity contribution in [2.75, 3.05) is 18.5 Å². The molecule has 3 aromatic rings. The SMILES string of the molecule is CCOc1ccc(OCC)c(NC(N)=NCc2ccccc2-n2nc(C)cc2C)c1.I. The van der Waals surface area contributed by atoms with Crippen LogP contribution < -0.4 is 20.5 Å². The lowest BCUT2D eigenvalue weighted by atomic mass is 10.2. The Kier molecular flexibility index (Phi) is 9.17. The van der Waals surface area contributed by atoms with Crippen LogP contribution in [-0.4, -0.2) is 29.0 Å². The summed E-state index contributed by atoms with van der Waals surface area (Å²) in [6.07, 6.45) is 0. The molecule has 0 aliphatic heterocycles. The fourth-order valence-corrected chi connectivity index (χ4v) is 3.22. The average Bonchev–Trinajstić information content (AvgIpc) is 3.07. The highest BCUT2D eigenvalue weighted by atomic mass is 127. The summed E-state index contributed by atoms with van der Waals surface area (Å²) in [7, 11) is 0. The molecule has 0 unspecified atom stereocenters. The van der Waals surface area contributed by atoms with Gasteiger partial charge in [-0.1, -0.05) is 18.2 Å². The number of anilines is 1. The minimum Gasteiger partial charge on any atom is -0.494 e. The quantitative estimate of drug-likeness (QED) is 0.245. The number of hydrogen-bond donors (Lipinski definition) is 2. The van der Waals surface area contributed by atoms with Crippen LogP contribution in [0.25, 0.3) is 5.69 Å². The Balaban J connectivity index is 0.00000341. The van der Waals surface area contributed by atoms with Crippen molar-refractivity contribution in [3.8, 4) is 17.2 Å². The topological polar surface area (TPSA) is 86.7 Å². The largest absolute Gasteiger partial charge is 0.494 e. The second-order valence-electron chi connectivity index (χ2n) is 6.82. The molecule has 0 atom stereocenters. The first-order chi connectivity index (χ1) is 14.5. The number of nitrogens with zero attached hydrogens (tertiary/aromatic N) is 3. The minimum atomic E-state index is 0. The summed E-state index contributed by atoms with van der Waals surface area (Å²) >= 11 is 0. The Hall–Kier alpha value is -2.75. The van der Waals surface area contributed by atoms with Crippen molar-refractivity contribution >= 4 is 35.6 Å². The average molecular weight is 535 g/mol. The van der Waals surface area contributed by atoms with Crippen LogP contribution in [-0.2, 0) is 6.54 Å². The summed E-state index contributed by atoms with van der Waals surface area (Å²) < 4.78 is 13.2. The molecule has 0 spiro atoms. The molecule has 0 amide bonds. The number of aryl methyl sites for hydroxylation is 2. The summed E-state index contributed by atoms with van der Waals surface area (Å²) in [6, 6.07) is 15.7. The van der Waals surface area contributed by atoms with E-state index in [0.29, 0.717) is 31.5 Å². The van der Waals surface area contributed by atoms with Gasteiger partial charge in [-0.2, -0.15) is 5.10 Å². The normalized spacial score (nSPS) is 11.0. The van der Waals surface area contributed by atoms with E-state index in [4.69, 9.17) is 15.2 Å². The van der Waals surface area contributed by atoms with E-state index in [0.717, 1.165) is 34.1 Å². The maximum absolute atomic E-state index is 6.19. The van der Waals surface area contributed by atoms with Gasteiger partial charge in [0.25, 0.3) is 0 Å². The molecule has 166 valence electrons. The second kappa shape index (κ2) is 11.6. The van der Waals surface area contributed by atoms with Crippen molar-refractivity contribution in [1.82, 2.24) is 9.78 Å².